The highest BCUT2D eigenvalue weighted by Gasteiger charge is 2.40. The van der Waals surface area contributed by atoms with E-state index in [0.717, 1.165) is 9.30 Å². The van der Waals surface area contributed by atoms with E-state index < -0.39 is 47.2 Å². The molecule has 0 N–H and O–H groups in total. The maximum atomic E-state index is 13.4. The molecule has 0 aliphatic carbocycles. The van der Waals surface area contributed by atoms with Gasteiger partial charge in [0.1, 0.15) is 10.7 Å². The summed E-state index contributed by atoms with van der Waals surface area (Å²) in [6.07, 6.45) is -4.09. The van der Waals surface area contributed by atoms with Gasteiger partial charge in [0.05, 0.1) is 6.54 Å². The van der Waals surface area contributed by atoms with Gasteiger partial charge in [-0.3, -0.25) is 14.0 Å². The Balaban J connectivity index is 1.75. The Kier molecular flexibility index (Phi) is 5.00. The average molecular weight is 458 g/mol. The van der Waals surface area contributed by atoms with Crippen molar-refractivity contribution >= 4 is 23.2 Å². The van der Waals surface area contributed by atoms with Crippen molar-refractivity contribution in [1.82, 2.24) is 14.3 Å². The van der Waals surface area contributed by atoms with Crippen LogP contribution in [-0.2, 0) is 6.18 Å². The summed E-state index contributed by atoms with van der Waals surface area (Å²) in [5.74, 6) is -3.49. The summed E-state index contributed by atoms with van der Waals surface area (Å²) in [6, 6.07) is 8.58. The van der Waals surface area contributed by atoms with Gasteiger partial charge in [0, 0.05) is 30.3 Å². The standard InChI is InChI=1S/C20H13ClF5N3O2/c21-14-15(20(24,25)26)27-16-13(2-1-8-29(16)18(14)31)11-3-5-12(6-4-11)17(30)28-9-7-19(22,23)10-28/h1-6,8H,7,9-10H2. The molecule has 0 radical (unpaired) electrons. The molecule has 31 heavy (non-hydrogen) atoms. The molecule has 2 aromatic heterocycles. The van der Waals surface area contributed by atoms with Crippen LogP contribution in [0.1, 0.15) is 22.5 Å². The van der Waals surface area contributed by atoms with Crippen LogP contribution in [0.3, 0.4) is 0 Å². The minimum absolute atomic E-state index is 0.0648. The van der Waals surface area contributed by atoms with E-state index in [-0.39, 0.29) is 23.3 Å². The molecule has 162 valence electrons. The number of halogens is 6. The van der Waals surface area contributed by atoms with Crippen molar-refractivity contribution in [3.8, 4) is 11.1 Å². The number of hydrogen-bond donors (Lipinski definition) is 0. The number of nitrogens with zero attached hydrogens (tertiary/aromatic N) is 3. The van der Waals surface area contributed by atoms with Gasteiger partial charge in [-0.15, -0.1) is 0 Å². The van der Waals surface area contributed by atoms with Crippen molar-refractivity contribution in [3.63, 3.8) is 0 Å². The largest absolute Gasteiger partial charge is 0.435 e. The minimum Gasteiger partial charge on any atom is -0.332 e. The molecule has 0 saturated carbocycles. The summed E-state index contributed by atoms with van der Waals surface area (Å²) >= 11 is 5.58. The zero-order valence-corrected chi connectivity index (χ0v) is 16.3. The summed E-state index contributed by atoms with van der Waals surface area (Å²) < 4.78 is 67.4. The summed E-state index contributed by atoms with van der Waals surface area (Å²) in [6.45, 7) is -0.727. The summed E-state index contributed by atoms with van der Waals surface area (Å²) in [4.78, 5) is 29.3. The molecule has 3 heterocycles. The van der Waals surface area contributed by atoms with Crippen LogP contribution in [0.5, 0.6) is 0 Å². The van der Waals surface area contributed by atoms with Crippen LogP contribution in [0.15, 0.2) is 47.4 Å². The first-order valence-electron chi connectivity index (χ1n) is 9.03. The number of amides is 1. The van der Waals surface area contributed by atoms with Gasteiger partial charge in [0.25, 0.3) is 17.4 Å². The molecule has 1 aromatic carbocycles. The Morgan fingerprint density at radius 3 is 2.39 bits per heavy atom. The maximum Gasteiger partial charge on any atom is 0.435 e. The average Bonchev–Trinajstić information content (AvgIpc) is 3.08. The SMILES string of the molecule is O=C(c1ccc(-c2cccn3c(=O)c(Cl)c(C(F)(F)F)nc23)cc1)N1CCC(F)(F)C1. The zero-order valence-electron chi connectivity index (χ0n) is 15.6. The second kappa shape index (κ2) is 7.30. The third kappa shape index (κ3) is 3.87. The third-order valence-electron chi connectivity index (χ3n) is 4.97. The van der Waals surface area contributed by atoms with Crippen molar-refractivity contribution < 1.29 is 26.7 Å². The topological polar surface area (TPSA) is 54.7 Å². The van der Waals surface area contributed by atoms with Crippen molar-refractivity contribution in [2.45, 2.75) is 18.5 Å². The molecule has 4 rings (SSSR count). The number of alkyl halides is 5. The van der Waals surface area contributed by atoms with Gasteiger partial charge in [-0.2, -0.15) is 13.2 Å². The molecule has 3 aromatic rings. The number of likely N-dealkylation sites (tertiary alicyclic amines) is 1. The molecule has 1 saturated heterocycles. The lowest BCUT2D eigenvalue weighted by Crippen LogP contribution is -2.31. The lowest BCUT2D eigenvalue weighted by molar-refractivity contribution is -0.141. The lowest BCUT2D eigenvalue weighted by Gasteiger charge is -2.16. The lowest BCUT2D eigenvalue weighted by atomic mass is 10.0. The van der Waals surface area contributed by atoms with E-state index in [1.165, 1.54) is 42.6 Å². The molecule has 1 amide bonds. The number of rotatable bonds is 2. The van der Waals surface area contributed by atoms with Crippen molar-refractivity contribution in [3.05, 3.63) is 69.2 Å². The highest BCUT2D eigenvalue weighted by Crippen LogP contribution is 2.33. The Morgan fingerprint density at radius 1 is 1.13 bits per heavy atom. The predicted molar refractivity (Wildman–Crippen MR) is 102 cm³/mol. The van der Waals surface area contributed by atoms with Crippen LogP contribution in [0.2, 0.25) is 5.02 Å². The number of hydrogen-bond acceptors (Lipinski definition) is 3. The monoisotopic (exact) mass is 457 g/mol. The normalized spacial score (nSPS) is 16.1. The van der Waals surface area contributed by atoms with Gasteiger partial charge >= 0.3 is 6.18 Å². The molecule has 0 atom stereocenters. The Labute approximate surface area is 176 Å². The number of fused-ring (bicyclic) bond motifs is 1. The maximum absolute atomic E-state index is 13.4. The minimum atomic E-state index is -4.92. The van der Waals surface area contributed by atoms with Crippen LogP contribution in [0.4, 0.5) is 22.0 Å². The fourth-order valence-corrected chi connectivity index (χ4v) is 3.68. The zero-order chi connectivity index (χ0) is 22.6. The first kappa shape index (κ1) is 21.2. The second-order valence-corrected chi connectivity index (χ2v) is 7.48. The molecule has 0 unspecified atom stereocenters. The van der Waals surface area contributed by atoms with E-state index in [0.29, 0.717) is 5.56 Å². The van der Waals surface area contributed by atoms with Crippen LogP contribution in [0.25, 0.3) is 16.8 Å². The molecule has 5 nitrogen and oxygen atoms in total. The molecule has 0 spiro atoms. The smallest absolute Gasteiger partial charge is 0.332 e. The van der Waals surface area contributed by atoms with E-state index in [1.54, 1.807) is 0 Å². The van der Waals surface area contributed by atoms with E-state index in [9.17, 15) is 31.5 Å². The number of pyridine rings is 1. The summed E-state index contributed by atoms with van der Waals surface area (Å²) in [7, 11) is 0. The van der Waals surface area contributed by atoms with E-state index in [2.05, 4.69) is 4.98 Å². The Morgan fingerprint density at radius 2 is 1.81 bits per heavy atom. The Bertz CT molecular complexity index is 1240. The number of benzene rings is 1. The van der Waals surface area contributed by atoms with Gasteiger partial charge in [0.2, 0.25) is 0 Å². The first-order valence-corrected chi connectivity index (χ1v) is 9.41. The molecule has 1 fully saturated rings. The van der Waals surface area contributed by atoms with Crippen molar-refractivity contribution in [2.24, 2.45) is 0 Å². The van der Waals surface area contributed by atoms with E-state index >= 15 is 0 Å². The quantitative estimate of drug-likeness (QED) is 0.532. The Hall–Kier alpha value is -3.01. The van der Waals surface area contributed by atoms with Gasteiger partial charge in [0.15, 0.2) is 5.69 Å². The van der Waals surface area contributed by atoms with Gasteiger partial charge in [-0.05, 0) is 29.8 Å². The fraction of sp³-hybridized carbons (Fsp3) is 0.250. The van der Waals surface area contributed by atoms with Gasteiger partial charge < -0.3 is 4.90 Å². The van der Waals surface area contributed by atoms with Crippen LogP contribution >= 0.6 is 11.6 Å². The molecule has 11 heteroatoms. The van der Waals surface area contributed by atoms with Gasteiger partial charge in [-0.1, -0.05) is 23.7 Å². The first-order chi connectivity index (χ1) is 14.5. The number of carbonyl (C=O) groups excluding carboxylic acids is 1. The molecule has 1 aliphatic heterocycles. The molecular weight excluding hydrogens is 445 g/mol. The highest BCUT2D eigenvalue weighted by molar-refractivity contribution is 6.31. The second-order valence-electron chi connectivity index (χ2n) is 7.10. The molecule has 1 aliphatic rings. The molecular formula is C20H13ClF5N3O2. The van der Waals surface area contributed by atoms with Crippen molar-refractivity contribution in [2.75, 3.05) is 13.1 Å². The fourth-order valence-electron chi connectivity index (χ4n) is 3.44. The van der Waals surface area contributed by atoms with Crippen LogP contribution < -0.4 is 5.56 Å². The number of aromatic nitrogens is 2. The highest BCUT2D eigenvalue weighted by atomic mass is 35.5. The number of carbonyl (C=O) groups is 1. The van der Waals surface area contributed by atoms with E-state index in [4.69, 9.17) is 11.6 Å². The summed E-state index contributed by atoms with van der Waals surface area (Å²) in [5, 5.41) is -1.04. The molecule has 0 bridgehead atoms. The van der Waals surface area contributed by atoms with Crippen LogP contribution in [0, 0.1) is 0 Å². The van der Waals surface area contributed by atoms with E-state index in [1.807, 2.05) is 0 Å². The van der Waals surface area contributed by atoms with Crippen LogP contribution in [-0.4, -0.2) is 39.2 Å². The summed E-state index contributed by atoms with van der Waals surface area (Å²) in [5.41, 5.74) is -2.08. The van der Waals surface area contributed by atoms with Gasteiger partial charge in [-0.25, -0.2) is 13.8 Å². The van der Waals surface area contributed by atoms with Crippen molar-refractivity contribution in [1.29, 1.82) is 0 Å². The third-order valence-corrected chi connectivity index (χ3v) is 5.31. The predicted octanol–water partition coefficient (Wildman–Crippen LogP) is 4.51.